The number of carboxylic acid groups (broad SMARTS) is 1. The molecule has 0 unspecified atom stereocenters. The summed E-state index contributed by atoms with van der Waals surface area (Å²) < 4.78 is 5.92. The molecule has 5 heteroatoms. The van der Waals surface area contributed by atoms with Crippen LogP contribution in [0.5, 0.6) is 0 Å². The van der Waals surface area contributed by atoms with Crippen LogP contribution >= 0.6 is 0 Å². The summed E-state index contributed by atoms with van der Waals surface area (Å²) in [6, 6.07) is 0. The van der Waals surface area contributed by atoms with Crippen LogP contribution in [0.15, 0.2) is 24.3 Å². The molecule has 4 fully saturated rings. The van der Waals surface area contributed by atoms with Crippen molar-refractivity contribution >= 4 is 11.9 Å². The Kier molecular flexibility index (Phi) is 2.42. The van der Waals surface area contributed by atoms with E-state index in [9.17, 15) is 19.8 Å². The molecule has 1 heterocycles. The van der Waals surface area contributed by atoms with Gasteiger partial charge in [0.25, 0.3) is 0 Å². The minimum Gasteiger partial charge on any atom is -0.481 e. The topological polar surface area (TPSA) is 83.8 Å². The highest BCUT2D eigenvalue weighted by atomic mass is 16.6. The number of rotatable bonds is 1. The normalized spacial score (nSPS) is 56.8. The molecule has 5 rings (SSSR count). The van der Waals surface area contributed by atoms with Gasteiger partial charge in [0, 0.05) is 11.8 Å². The Morgan fingerprint density at radius 3 is 2.88 bits per heavy atom. The molecule has 0 aromatic carbocycles. The molecule has 0 amide bonds. The minimum absolute atomic E-state index is 0.00104. The monoisotopic (exact) mass is 330 g/mol. The second kappa shape index (κ2) is 3.96. The first-order valence-corrected chi connectivity index (χ1v) is 8.79. The highest BCUT2D eigenvalue weighted by Gasteiger charge is 2.82. The van der Waals surface area contributed by atoms with E-state index in [0.29, 0.717) is 12.3 Å². The lowest BCUT2D eigenvalue weighted by Gasteiger charge is -2.42. The molecule has 0 aromatic heterocycles. The molecule has 1 spiro atoms. The minimum atomic E-state index is -1.18. The molecule has 128 valence electrons. The lowest BCUT2D eigenvalue weighted by atomic mass is 9.61. The van der Waals surface area contributed by atoms with Crippen LogP contribution in [0.4, 0.5) is 0 Å². The number of aliphatic hydroxyl groups is 1. The summed E-state index contributed by atoms with van der Waals surface area (Å²) in [5.41, 5.74) is -1.30. The summed E-state index contributed by atoms with van der Waals surface area (Å²) in [7, 11) is 0. The molecule has 3 saturated carbocycles. The summed E-state index contributed by atoms with van der Waals surface area (Å²) in [5.74, 6) is -2.12. The molecule has 0 radical (unpaired) electrons. The summed E-state index contributed by atoms with van der Waals surface area (Å²) in [6.07, 6.45) is 5.83. The third-order valence-electron chi connectivity index (χ3n) is 8.02. The summed E-state index contributed by atoms with van der Waals surface area (Å²) >= 11 is 0. The fourth-order valence-electron chi connectivity index (χ4n) is 7.14. The summed E-state index contributed by atoms with van der Waals surface area (Å²) in [5, 5.41) is 20.7. The first kappa shape index (κ1) is 14.7. The van der Waals surface area contributed by atoms with E-state index in [1.807, 2.05) is 6.08 Å². The standard InChI is InChI=1S/C19H22O5/c1-9-7-18-8-10(9)3-4-11(18)19-6-5-12(20)17(2,16(23)24-19)14(19)13(18)15(21)22/h5-6,10-14,20H,1,3-4,7-8H2,2H3,(H,21,22)/t10-,11+,12-,13+,14+,17+,18-,19+/m1/s1. The largest absolute Gasteiger partial charge is 0.481 e. The van der Waals surface area contributed by atoms with E-state index < -0.39 is 46.3 Å². The van der Waals surface area contributed by atoms with Crippen LogP contribution in [0.25, 0.3) is 0 Å². The first-order chi connectivity index (χ1) is 11.3. The number of ether oxygens (including phenoxy) is 1. The van der Waals surface area contributed by atoms with Gasteiger partial charge in [-0.3, -0.25) is 9.59 Å². The van der Waals surface area contributed by atoms with Gasteiger partial charge in [0.05, 0.1) is 12.0 Å². The van der Waals surface area contributed by atoms with Crippen molar-refractivity contribution in [2.75, 3.05) is 0 Å². The lowest BCUT2D eigenvalue weighted by Crippen LogP contribution is -2.50. The van der Waals surface area contributed by atoms with Gasteiger partial charge in [-0.15, -0.1) is 0 Å². The fourth-order valence-corrected chi connectivity index (χ4v) is 7.14. The van der Waals surface area contributed by atoms with Crippen molar-refractivity contribution in [1.82, 2.24) is 0 Å². The molecular weight excluding hydrogens is 308 g/mol. The van der Waals surface area contributed by atoms with Crippen LogP contribution in [0.1, 0.15) is 32.6 Å². The van der Waals surface area contributed by atoms with Gasteiger partial charge in [-0.25, -0.2) is 0 Å². The van der Waals surface area contributed by atoms with Gasteiger partial charge in [-0.2, -0.15) is 0 Å². The van der Waals surface area contributed by atoms with Crippen LogP contribution in [0, 0.1) is 34.5 Å². The second-order valence-electron chi connectivity index (χ2n) is 8.72. The molecule has 4 bridgehead atoms. The molecule has 1 saturated heterocycles. The van der Waals surface area contributed by atoms with Crippen LogP contribution in [0.2, 0.25) is 0 Å². The van der Waals surface area contributed by atoms with Crippen molar-refractivity contribution in [3.05, 3.63) is 24.3 Å². The number of aliphatic hydroxyl groups excluding tert-OH is 1. The SMILES string of the molecule is C=C1C[C@@]23C[C@H]1CC[C@@H]2[C@]12C=C[C@@H](O)[C@](C)(C(=O)O1)[C@@H]2[C@H]3C(=O)O. The van der Waals surface area contributed by atoms with E-state index in [-0.39, 0.29) is 5.92 Å². The van der Waals surface area contributed by atoms with E-state index in [1.165, 1.54) is 0 Å². The number of carbonyl (C=O) groups excluding carboxylic acids is 1. The van der Waals surface area contributed by atoms with E-state index in [4.69, 9.17) is 4.74 Å². The third-order valence-corrected chi connectivity index (χ3v) is 8.02. The molecule has 8 atom stereocenters. The van der Waals surface area contributed by atoms with Gasteiger partial charge in [-0.05, 0) is 50.0 Å². The lowest BCUT2D eigenvalue weighted by molar-refractivity contribution is -0.161. The number of esters is 1. The Bertz CT molecular complexity index is 725. The Labute approximate surface area is 140 Å². The quantitative estimate of drug-likeness (QED) is 0.567. The van der Waals surface area contributed by atoms with E-state index in [0.717, 1.165) is 24.8 Å². The van der Waals surface area contributed by atoms with Crippen molar-refractivity contribution in [2.45, 2.75) is 44.3 Å². The zero-order chi connectivity index (χ0) is 17.1. The Balaban J connectivity index is 1.78. The van der Waals surface area contributed by atoms with E-state index in [1.54, 1.807) is 13.0 Å². The van der Waals surface area contributed by atoms with Crippen molar-refractivity contribution in [2.24, 2.45) is 34.5 Å². The molecule has 0 aromatic rings. The van der Waals surface area contributed by atoms with Crippen molar-refractivity contribution in [3.8, 4) is 0 Å². The average Bonchev–Trinajstić information content (AvgIpc) is 2.98. The number of carboxylic acids is 1. The summed E-state index contributed by atoms with van der Waals surface area (Å²) in [6.45, 7) is 5.88. The molecule has 24 heavy (non-hydrogen) atoms. The first-order valence-electron chi connectivity index (χ1n) is 8.79. The van der Waals surface area contributed by atoms with Crippen LogP contribution in [-0.2, 0) is 14.3 Å². The maximum Gasteiger partial charge on any atom is 0.316 e. The van der Waals surface area contributed by atoms with Crippen LogP contribution in [-0.4, -0.2) is 33.9 Å². The number of fused-ring (bicyclic) bond motifs is 1. The highest BCUT2D eigenvalue weighted by Crippen LogP contribution is 2.76. The predicted molar refractivity (Wildman–Crippen MR) is 83.7 cm³/mol. The zero-order valence-corrected chi connectivity index (χ0v) is 13.7. The summed E-state index contributed by atoms with van der Waals surface area (Å²) in [4.78, 5) is 25.0. The number of hydrogen-bond donors (Lipinski definition) is 2. The van der Waals surface area contributed by atoms with Gasteiger partial charge in [0.2, 0.25) is 0 Å². The van der Waals surface area contributed by atoms with Gasteiger partial charge < -0.3 is 14.9 Å². The molecule has 4 aliphatic carbocycles. The van der Waals surface area contributed by atoms with E-state index in [2.05, 4.69) is 6.58 Å². The maximum absolute atomic E-state index is 12.7. The fraction of sp³-hybridized carbons (Fsp3) is 0.684. The number of allylic oxidation sites excluding steroid dienone is 1. The van der Waals surface area contributed by atoms with Crippen LogP contribution < -0.4 is 0 Å². The number of hydrogen-bond acceptors (Lipinski definition) is 4. The van der Waals surface area contributed by atoms with Gasteiger partial charge in [0.1, 0.15) is 11.0 Å². The van der Waals surface area contributed by atoms with Crippen LogP contribution in [0.3, 0.4) is 0 Å². The molecular formula is C19H22O5. The number of aliphatic carboxylic acids is 1. The maximum atomic E-state index is 12.7. The molecule has 5 aliphatic rings. The van der Waals surface area contributed by atoms with E-state index >= 15 is 0 Å². The second-order valence-corrected chi connectivity index (χ2v) is 8.72. The van der Waals surface area contributed by atoms with Crippen molar-refractivity contribution in [1.29, 1.82) is 0 Å². The van der Waals surface area contributed by atoms with Gasteiger partial charge in [0.15, 0.2) is 0 Å². The number of carbonyl (C=O) groups is 2. The Morgan fingerprint density at radius 2 is 2.17 bits per heavy atom. The smallest absolute Gasteiger partial charge is 0.316 e. The van der Waals surface area contributed by atoms with Crippen molar-refractivity contribution in [3.63, 3.8) is 0 Å². The molecule has 5 nitrogen and oxygen atoms in total. The average molecular weight is 330 g/mol. The van der Waals surface area contributed by atoms with Gasteiger partial charge in [-0.1, -0.05) is 18.2 Å². The van der Waals surface area contributed by atoms with Crippen molar-refractivity contribution < 1.29 is 24.5 Å². The highest BCUT2D eigenvalue weighted by molar-refractivity contribution is 5.86. The Hall–Kier alpha value is -1.62. The van der Waals surface area contributed by atoms with Gasteiger partial charge >= 0.3 is 11.9 Å². The molecule has 1 aliphatic heterocycles. The predicted octanol–water partition coefficient (Wildman–Crippen LogP) is 1.91. The third kappa shape index (κ3) is 1.25. The molecule has 2 N–H and O–H groups in total. The Morgan fingerprint density at radius 1 is 1.42 bits per heavy atom. The zero-order valence-electron chi connectivity index (χ0n) is 13.7.